The molecule has 1 heterocycles. The second kappa shape index (κ2) is 11.5. The number of nitrogens with one attached hydrogen (secondary N) is 1. The first kappa shape index (κ1) is 25.0. The first-order valence-corrected chi connectivity index (χ1v) is 13.8. The largest absolute Gasteiger partial charge is 0.450 e. The number of benzene rings is 1. The van der Waals surface area contributed by atoms with Crippen LogP contribution in [0.15, 0.2) is 12.1 Å². The number of piperidine rings is 1. The van der Waals surface area contributed by atoms with Crippen molar-refractivity contribution >= 4 is 34.6 Å². The topological polar surface area (TPSA) is 99.2 Å². The molecule has 3 aliphatic rings. The molecule has 4 rings (SSSR count). The molecule has 2 aliphatic carbocycles. The van der Waals surface area contributed by atoms with Crippen molar-refractivity contribution in [1.82, 2.24) is 4.90 Å². The Bertz CT molecular complexity index is 910. The highest BCUT2D eigenvalue weighted by atomic mass is 32.2. The number of hydrogen-bond donors (Lipinski definition) is 2. The van der Waals surface area contributed by atoms with Gasteiger partial charge in [-0.15, -0.1) is 0 Å². The summed E-state index contributed by atoms with van der Waals surface area (Å²) < 4.78 is 29.5. The number of ether oxygens (including phenoxy) is 1. The van der Waals surface area contributed by atoms with Gasteiger partial charge in [-0.05, 0) is 81.5 Å². The zero-order chi connectivity index (χ0) is 24.1. The third-order valence-electron chi connectivity index (χ3n) is 7.47. The van der Waals surface area contributed by atoms with Gasteiger partial charge in [-0.1, -0.05) is 19.3 Å². The second-order valence-electron chi connectivity index (χ2n) is 9.59. The van der Waals surface area contributed by atoms with Crippen LogP contribution in [0.5, 0.6) is 0 Å². The van der Waals surface area contributed by atoms with Crippen molar-refractivity contribution in [3.8, 4) is 0 Å². The van der Waals surface area contributed by atoms with Crippen LogP contribution in [-0.4, -0.2) is 51.4 Å². The average molecular weight is 492 g/mol. The summed E-state index contributed by atoms with van der Waals surface area (Å²) in [5, 5.41) is 3.19. The lowest BCUT2D eigenvalue weighted by Crippen LogP contribution is -2.48. The van der Waals surface area contributed by atoms with E-state index < -0.39 is 11.3 Å². The molecule has 1 atom stereocenters. The van der Waals surface area contributed by atoms with E-state index in [1.54, 1.807) is 16.1 Å². The molecule has 9 heteroatoms. The number of anilines is 2. The summed E-state index contributed by atoms with van der Waals surface area (Å²) in [6.07, 6.45) is 9.96. The lowest BCUT2D eigenvalue weighted by atomic mass is 9.87. The molecule has 1 aromatic carbocycles. The van der Waals surface area contributed by atoms with Crippen LogP contribution in [0, 0.1) is 5.92 Å². The first-order valence-electron chi connectivity index (χ1n) is 12.8. The molecule has 0 radical (unpaired) electrons. The molecule has 0 spiro atoms. The Balaban J connectivity index is 1.54. The molecule has 188 valence electrons. The monoisotopic (exact) mass is 491 g/mol. The summed E-state index contributed by atoms with van der Waals surface area (Å²) in [6, 6.07) is 3.66. The smallest absolute Gasteiger partial charge is 0.409 e. The van der Waals surface area contributed by atoms with Crippen molar-refractivity contribution in [2.75, 3.05) is 29.3 Å². The van der Waals surface area contributed by atoms with Gasteiger partial charge in [0, 0.05) is 30.7 Å². The fourth-order valence-electron chi connectivity index (χ4n) is 5.68. The molecule has 2 fully saturated rings. The third-order valence-corrected chi connectivity index (χ3v) is 8.30. The number of nitrogens with zero attached hydrogens (tertiary/aromatic N) is 2. The molecule has 1 aliphatic heterocycles. The maximum absolute atomic E-state index is 12.9. The van der Waals surface area contributed by atoms with Crippen LogP contribution in [0.25, 0.3) is 0 Å². The number of carbonyl (C=O) groups excluding carboxylic acids is 2. The molecule has 8 nitrogen and oxygen atoms in total. The van der Waals surface area contributed by atoms with Gasteiger partial charge >= 0.3 is 6.09 Å². The van der Waals surface area contributed by atoms with E-state index in [4.69, 9.17) is 4.74 Å². The number of amides is 2. The SMILES string of the molecule is CCOC(=O)N1CCC(N(c2ccc(NC(=O)C3CCCCC3)c3c2CCCC3)S(=O)O)CC1. The van der Waals surface area contributed by atoms with Gasteiger partial charge in [-0.25, -0.2) is 9.00 Å². The Morgan fingerprint density at radius 3 is 2.38 bits per heavy atom. The summed E-state index contributed by atoms with van der Waals surface area (Å²) in [4.78, 5) is 26.6. The molecule has 34 heavy (non-hydrogen) atoms. The predicted octanol–water partition coefficient (Wildman–Crippen LogP) is 4.65. The Labute approximate surface area is 204 Å². The van der Waals surface area contributed by atoms with Crippen molar-refractivity contribution in [3.63, 3.8) is 0 Å². The van der Waals surface area contributed by atoms with Crippen LogP contribution in [0.4, 0.5) is 16.2 Å². The van der Waals surface area contributed by atoms with Crippen molar-refractivity contribution < 1.29 is 23.1 Å². The fourth-order valence-corrected chi connectivity index (χ4v) is 6.48. The highest BCUT2D eigenvalue weighted by Crippen LogP contribution is 2.38. The zero-order valence-electron chi connectivity index (χ0n) is 20.1. The minimum atomic E-state index is -2.19. The average Bonchev–Trinajstić information content (AvgIpc) is 2.86. The second-order valence-corrected chi connectivity index (χ2v) is 10.4. The maximum atomic E-state index is 12.9. The van der Waals surface area contributed by atoms with Gasteiger partial charge in [-0.2, -0.15) is 0 Å². The van der Waals surface area contributed by atoms with Crippen LogP contribution < -0.4 is 9.62 Å². The normalized spacial score (nSPS) is 20.4. The molecule has 0 bridgehead atoms. The fraction of sp³-hybridized carbons (Fsp3) is 0.680. The van der Waals surface area contributed by atoms with Crippen LogP contribution in [0.3, 0.4) is 0 Å². The van der Waals surface area contributed by atoms with E-state index in [-0.39, 0.29) is 24.0 Å². The van der Waals surface area contributed by atoms with E-state index in [0.717, 1.165) is 73.9 Å². The van der Waals surface area contributed by atoms with Gasteiger partial charge in [0.05, 0.1) is 12.3 Å². The summed E-state index contributed by atoms with van der Waals surface area (Å²) in [5.74, 6) is 0.188. The van der Waals surface area contributed by atoms with E-state index in [0.29, 0.717) is 32.5 Å². The van der Waals surface area contributed by atoms with Crippen LogP contribution in [-0.2, 0) is 33.6 Å². The van der Waals surface area contributed by atoms with E-state index in [9.17, 15) is 18.4 Å². The summed E-state index contributed by atoms with van der Waals surface area (Å²) in [7, 11) is 0. The summed E-state index contributed by atoms with van der Waals surface area (Å²) in [6.45, 7) is 3.11. The standard InChI is InChI=1S/C25H37N3O5S/c1-2-33-25(30)27-16-14-19(15-17-27)28(34(31)32)23-13-12-22(20-10-6-7-11-21(20)23)26-24(29)18-8-4-3-5-9-18/h12-13,18-19H,2-11,14-17H2,1H3,(H,26,29)(H,31,32). The van der Waals surface area contributed by atoms with Crippen molar-refractivity contribution in [1.29, 1.82) is 0 Å². The minimum absolute atomic E-state index is 0.0821. The number of likely N-dealkylation sites (tertiary alicyclic amines) is 1. The Morgan fingerprint density at radius 1 is 1.06 bits per heavy atom. The van der Waals surface area contributed by atoms with Gasteiger partial charge < -0.3 is 15.0 Å². The highest BCUT2D eigenvalue weighted by molar-refractivity contribution is 7.80. The first-order chi connectivity index (χ1) is 16.5. The van der Waals surface area contributed by atoms with Crippen molar-refractivity contribution in [3.05, 3.63) is 23.3 Å². The minimum Gasteiger partial charge on any atom is -0.450 e. The summed E-state index contributed by atoms with van der Waals surface area (Å²) in [5.41, 5.74) is 3.81. The van der Waals surface area contributed by atoms with Gasteiger partial charge in [0.1, 0.15) is 0 Å². The van der Waals surface area contributed by atoms with E-state index in [1.807, 2.05) is 12.1 Å². The Kier molecular flexibility index (Phi) is 8.47. The van der Waals surface area contributed by atoms with Gasteiger partial charge in [0.2, 0.25) is 5.91 Å². The van der Waals surface area contributed by atoms with Gasteiger partial charge in [0.25, 0.3) is 11.3 Å². The molecular formula is C25H37N3O5S. The van der Waals surface area contributed by atoms with Crippen LogP contribution >= 0.6 is 0 Å². The lowest BCUT2D eigenvalue weighted by Gasteiger charge is -2.38. The number of carbonyl (C=O) groups is 2. The molecule has 2 amide bonds. The maximum Gasteiger partial charge on any atom is 0.409 e. The molecule has 0 aromatic heterocycles. The van der Waals surface area contributed by atoms with Gasteiger partial charge in [0.15, 0.2) is 0 Å². The van der Waals surface area contributed by atoms with E-state index in [1.165, 1.54) is 6.42 Å². The van der Waals surface area contributed by atoms with Gasteiger partial charge in [-0.3, -0.25) is 13.7 Å². The number of fused-ring (bicyclic) bond motifs is 1. The molecule has 1 saturated heterocycles. The molecule has 1 unspecified atom stereocenters. The molecule has 1 aromatic rings. The predicted molar refractivity (Wildman–Crippen MR) is 133 cm³/mol. The number of rotatable bonds is 6. The Hall–Kier alpha value is -2.13. The summed E-state index contributed by atoms with van der Waals surface area (Å²) >= 11 is -2.19. The van der Waals surface area contributed by atoms with E-state index in [2.05, 4.69) is 5.32 Å². The molecule has 2 N–H and O–H groups in total. The third kappa shape index (κ3) is 5.57. The highest BCUT2D eigenvalue weighted by Gasteiger charge is 2.33. The quantitative estimate of drug-likeness (QED) is 0.565. The molecular weight excluding hydrogens is 454 g/mol. The van der Waals surface area contributed by atoms with Crippen molar-refractivity contribution in [2.24, 2.45) is 5.92 Å². The zero-order valence-corrected chi connectivity index (χ0v) is 20.9. The Morgan fingerprint density at radius 2 is 1.74 bits per heavy atom. The van der Waals surface area contributed by atoms with Crippen LogP contribution in [0.1, 0.15) is 75.8 Å². The molecule has 1 saturated carbocycles. The van der Waals surface area contributed by atoms with Crippen molar-refractivity contribution in [2.45, 2.75) is 83.6 Å². The number of hydrogen-bond acceptors (Lipinski definition) is 4. The van der Waals surface area contributed by atoms with Crippen LogP contribution in [0.2, 0.25) is 0 Å². The lowest BCUT2D eigenvalue weighted by molar-refractivity contribution is -0.120. The van der Waals surface area contributed by atoms with E-state index >= 15 is 0 Å².